The van der Waals surface area contributed by atoms with Crippen LogP contribution in [0.25, 0.3) is 0 Å². The zero-order valence-electron chi connectivity index (χ0n) is 25.9. The van der Waals surface area contributed by atoms with E-state index in [1.54, 1.807) is 65.8 Å². The van der Waals surface area contributed by atoms with Crippen LogP contribution < -0.4 is 10.6 Å². The summed E-state index contributed by atoms with van der Waals surface area (Å²) in [7, 11) is 0. The number of carbonyl (C=O) groups is 3. The van der Waals surface area contributed by atoms with Gasteiger partial charge in [-0.15, -0.1) is 0 Å². The topological polar surface area (TPSA) is 115 Å². The maximum atomic E-state index is 13.1. The van der Waals surface area contributed by atoms with Crippen LogP contribution >= 0.6 is 0 Å². The van der Waals surface area contributed by atoms with Crippen molar-refractivity contribution >= 4 is 29.8 Å². The highest BCUT2D eigenvalue weighted by atomic mass is 16.6. The molecule has 40 heavy (non-hydrogen) atoms. The number of aliphatic imine (C=N–C) groups is 1. The Kier molecular flexibility index (Phi) is 11.2. The molecule has 9 heteroatoms. The SMILES string of the molecule is CC1(C)CCCCCCC(C)(OC(=O)c2ccc(N=C(NC(=O)OC(C)(C)C)NC(=O)OC(C)(C)C)cc2)CC1. The lowest BCUT2D eigenvalue weighted by Crippen LogP contribution is -2.47. The molecule has 0 saturated heterocycles. The summed E-state index contributed by atoms with van der Waals surface area (Å²) in [6.45, 7) is 17.0. The first-order valence-corrected chi connectivity index (χ1v) is 14.3. The molecule has 0 aromatic heterocycles. The number of ether oxygens (including phenoxy) is 3. The van der Waals surface area contributed by atoms with Crippen molar-refractivity contribution in [3.8, 4) is 0 Å². The molecular formula is C31H49N3O6. The molecule has 1 atom stereocenters. The molecule has 1 fully saturated rings. The first-order chi connectivity index (χ1) is 18.3. The first kappa shape index (κ1) is 33.1. The summed E-state index contributed by atoms with van der Waals surface area (Å²) in [6, 6.07) is 6.46. The van der Waals surface area contributed by atoms with Gasteiger partial charge in [0.05, 0.1) is 11.3 Å². The molecule has 2 amide bonds. The highest BCUT2D eigenvalue weighted by Crippen LogP contribution is 2.37. The molecule has 0 heterocycles. The van der Waals surface area contributed by atoms with Crippen LogP contribution in [0, 0.1) is 5.41 Å². The molecular weight excluding hydrogens is 510 g/mol. The Bertz CT molecular complexity index is 1020. The number of guanidine groups is 1. The second kappa shape index (κ2) is 13.5. The minimum atomic E-state index is -0.787. The number of benzene rings is 1. The Balaban J connectivity index is 2.18. The molecule has 1 aliphatic carbocycles. The van der Waals surface area contributed by atoms with Gasteiger partial charge in [-0.1, -0.05) is 33.1 Å². The maximum absolute atomic E-state index is 13.1. The highest BCUT2D eigenvalue weighted by Gasteiger charge is 2.32. The average Bonchev–Trinajstić information content (AvgIpc) is 2.77. The molecule has 2 N–H and O–H groups in total. The van der Waals surface area contributed by atoms with Gasteiger partial charge in [-0.25, -0.2) is 19.4 Å². The quantitative estimate of drug-likeness (QED) is 0.169. The van der Waals surface area contributed by atoms with Crippen molar-refractivity contribution in [3.05, 3.63) is 29.8 Å². The molecule has 0 bridgehead atoms. The van der Waals surface area contributed by atoms with E-state index in [2.05, 4.69) is 29.5 Å². The molecule has 2 rings (SSSR count). The van der Waals surface area contributed by atoms with Crippen LogP contribution in [-0.4, -0.2) is 40.9 Å². The lowest BCUT2D eigenvalue weighted by Gasteiger charge is -2.35. The summed E-state index contributed by atoms with van der Waals surface area (Å²) in [6.07, 6.45) is 6.92. The second-order valence-electron chi connectivity index (χ2n) is 13.7. The monoisotopic (exact) mass is 559 g/mol. The molecule has 0 aliphatic heterocycles. The summed E-state index contributed by atoms with van der Waals surface area (Å²) in [5.74, 6) is -0.553. The Hall–Kier alpha value is -3.10. The van der Waals surface area contributed by atoms with E-state index < -0.39 is 29.0 Å². The first-order valence-electron chi connectivity index (χ1n) is 14.3. The average molecular weight is 560 g/mol. The van der Waals surface area contributed by atoms with Gasteiger partial charge in [0.2, 0.25) is 5.96 Å². The third kappa shape index (κ3) is 12.8. The lowest BCUT2D eigenvalue weighted by molar-refractivity contribution is -0.0253. The number of amides is 2. The molecule has 0 spiro atoms. The number of nitrogens with zero attached hydrogens (tertiary/aromatic N) is 1. The van der Waals surface area contributed by atoms with Crippen LogP contribution in [0.5, 0.6) is 0 Å². The standard InChI is InChI=1S/C31H49N3O6/c1-28(2,3)39-26(36)33-25(34-27(37)40-29(4,5)6)32-23-16-14-22(15-17-23)24(35)38-31(9)19-13-11-10-12-18-30(7,8)20-21-31/h14-17H,10-13,18-21H2,1-9H3,(H2,32,33,34,36,37). The van der Waals surface area contributed by atoms with Crippen LogP contribution in [0.2, 0.25) is 0 Å². The Morgan fingerprint density at radius 1 is 0.725 bits per heavy atom. The van der Waals surface area contributed by atoms with E-state index in [0.29, 0.717) is 11.3 Å². The molecule has 1 aromatic rings. The van der Waals surface area contributed by atoms with E-state index in [1.165, 1.54) is 19.3 Å². The van der Waals surface area contributed by atoms with Gasteiger partial charge in [-0.2, -0.15) is 0 Å². The molecule has 9 nitrogen and oxygen atoms in total. The summed E-state index contributed by atoms with van der Waals surface area (Å²) in [5, 5.41) is 4.90. The van der Waals surface area contributed by atoms with E-state index in [1.807, 2.05) is 6.92 Å². The third-order valence-electron chi connectivity index (χ3n) is 6.56. The summed E-state index contributed by atoms with van der Waals surface area (Å²) < 4.78 is 16.6. The van der Waals surface area contributed by atoms with E-state index in [4.69, 9.17) is 14.2 Å². The molecule has 224 valence electrons. The maximum Gasteiger partial charge on any atom is 0.414 e. The van der Waals surface area contributed by atoms with E-state index in [9.17, 15) is 14.4 Å². The van der Waals surface area contributed by atoms with Crippen molar-refractivity contribution in [2.45, 2.75) is 130 Å². The molecule has 1 aromatic carbocycles. The number of hydrogen-bond donors (Lipinski definition) is 2. The predicted octanol–water partition coefficient (Wildman–Crippen LogP) is 7.80. The van der Waals surface area contributed by atoms with Crippen molar-refractivity contribution in [3.63, 3.8) is 0 Å². The fourth-order valence-electron chi connectivity index (χ4n) is 4.38. The number of alkyl carbamates (subject to hydrolysis) is 2. The van der Waals surface area contributed by atoms with Gasteiger partial charge in [0.15, 0.2) is 0 Å². The Morgan fingerprint density at radius 2 is 1.23 bits per heavy atom. The Morgan fingerprint density at radius 3 is 1.73 bits per heavy atom. The van der Waals surface area contributed by atoms with Crippen molar-refractivity contribution in [1.82, 2.24) is 10.6 Å². The second-order valence-corrected chi connectivity index (χ2v) is 13.7. The zero-order valence-corrected chi connectivity index (χ0v) is 25.9. The minimum Gasteiger partial charge on any atom is -0.456 e. The van der Waals surface area contributed by atoms with Gasteiger partial charge in [0.25, 0.3) is 0 Å². The van der Waals surface area contributed by atoms with Crippen LogP contribution in [0.4, 0.5) is 15.3 Å². The van der Waals surface area contributed by atoms with Crippen LogP contribution in [-0.2, 0) is 14.2 Å². The summed E-state index contributed by atoms with van der Waals surface area (Å²) >= 11 is 0. The summed E-state index contributed by atoms with van der Waals surface area (Å²) in [4.78, 5) is 42.1. The lowest BCUT2D eigenvalue weighted by atomic mass is 9.77. The van der Waals surface area contributed by atoms with E-state index in [0.717, 1.165) is 32.1 Å². The van der Waals surface area contributed by atoms with Gasteiger partial charge in [0.1, 0.15) is 16.8 Å². The Labute approximate surface area is 239 Å². The van der Waals surface area contributed by atoms with E-state index in [-0.39, 0.29) is 17.3 Å². The van der Waals surface area contributed by atoms with E-state index >= 15 is 0 Å². The number of esters is 1. The normalized spacial score (nSPS) is 19.9. The van der Waals surface area contributed by atoms with Gasteiger partial charge in [-0.3, -0.25) is 10.6 Å². The fourth-order valence-corrected chi connectivity index (χ4v) is 4.38. The van der Waals surface area contributed by atoms with Gasteiger partial charge in [0, 0.05) is 0 Å². The minimum absolute atomic E-state index is 0.171. The van der Waals surface area contributed by atoms with Gasteiger partial charge in [-0.05, 0) is 110 Å². The zero-order chi connectivity index (χ0) is 30.2. The molecule has 1 aliphatic rings. The number of carbonyl (C=O) groups excluding carboxylic acids is 3. The molecule has 1 saturated carbocycles. The third-order valence-corrected chi connectivity index (χ3v) is 6.56. The van der Waals surface area contributed by atoms with Gasteiger partial charge < -0.3 is 14.2 Å². The molecule has 0 radical (unpaired) electrons. The van der Waals surface area contributed by atoms with Gasteiger partial charge >= 0.3 is 18.2 Å². The highest BCUT2D eigenvalue weighted by molar-refractivity contribution is 6.02. The smallest absolute Gasteiger partial charge is 0.414 e. The fraction of sp³-hybridized carbons (Fsp3) is 0.677. The van der Waals surface area contributed by atoms with Crippen molar-refractivity contribution in [1.29, 1.82) is 0 Å². The number of hydrogen-bond acceptors (Lipinski definition) is 7. The van der Waals surface area contributed by atoms with Crippen molar-refractivity contribution in [2.75, 3.05) is 0 Å². The number of nitrogens with one attached hydrogen (secondary N) is 2. The van der Waals surface area contributed by atoms with Crippen LogP contribution in [0.1, 0.15) is 124 Å². The predicted molar refractivity (Wildman–Crippen MR) is 157 cm³/mol. The molecule has 1 unspecified atom stereocenters. The number of rotatable bonds is 3. The van der Waals surface area contributed by atoms with Crippen molar-refractivity contribution in [2.24, 2.45) is 10.4 Å². The van der Waals surface area contributed by atoms with Crippen molar-refractivity contribution < 1.29 is 28.6 Å². The summed E-state index contributed by atoms with van der Waals surface area (Å²) in [5.41, 5.74) is -0.995. The van der Waals surface area contributed by atoms with Crippen LogP contribution in [0.15, 0.2) is 29.3 Å². The largest absolute Gasteiger partial charge is 0.456 e. The van der Waals surface area contributed by atoms with Crippen LogP contribution in [0.3, 0.4) is 0 Å².